The predicted molar refractivity (Wildman–Crippen MR) is 75.8 cm³/mol. The summed E-state index contributed by atoms with van der Waals surface area (Å²) in [6.45, 7) is 0.392. The molecule has 0 heterocycles. The number of carbonyl (C=O) groups is 2. The molecule has 3 N–H and O–H groups in total. The quantitative estimate of drug-likeness (QED) is 0.701. The van der Waals surface area contributed by atoms with Crippen LogP contribution < -0.4 is 10.6 Å². The first-order valence-corrected chi connectivity index (χ1v) is 7.00. The summed E-state index contributed by atoms with van der Waals surface area (Å²) < 4.78 is 0. The minimum absolute atomic E-state index is 0.0108. The molecule has 0 aliphatic heterocycles. The fourth-order valence-corrected chi connectivity index (χ4v) is 1.96. The second-order valence-electron chi connectivity index (χ2n) is 4.87. The molecule has 0 unspecified atom stereocenters. The predicted octanol–water partition coefficient (Wildman–Crippen LogP) is 1.83. The van der Waals surface area contributed by atoms with Gasteiger partial charge in [0.25, 0.3) is 5.91 Å². The van der Waals surface area contributed by atoms with Gasteiger partial charge < -0.3 is 15.7 Å². The topological polar surface area (TPSA) is 78.4 Å². The van der Waals surface area contributed by atoms with Crippen molar-refractivity contribution in [2.75, 3.05) is 6.54 Å². The summed E-state index contributed by atoms with van der Waals surface area (Å²) >= 11 is 5.88. The van der Waals surface area contributed by atoms with E-state index in [1.165, 1.54) is 18.2 Å². The van der Waals surface area contributed by atoms with Gasteiger partial charge in [0, 0.05) is 19.0 Å². The van der Waals surface area contributed by atoms with Crippen LogP contribution in [0, 0.1) is 0 Å². The van der Waals surface area contributed by atoms with Crippen molar-refractivity contribution in [2.45, 2.75) is 31.7 Å². The number of phenolic OH excluding ortho intramolecular Hbond substituents is 1. The standard InChI is InChI=1S/C14H17ClN2O3/c15-12-6-5-10(18)8-11(12)14(20)16-7-1-2-13(19)17-9-3-4-9/h5-6,8-9,18H,1-4,7H2,(H,16,20)(H,17,19). The Bertz CT molecular complexity index is 515. The van der Waals surface area contributed by atoms with Crippen molar-refractivity contribution in [3.8, 4) is 5.75 Å². The van der Waals surface area contributed by atoms with Crippen LogP contribution in [0.1, 0.15) is 36.0 Å². The normalized spacial score (nSPS) is 13.8. The highest BCUT2D eigenvalue weighted by Crippen LogP contribution is 2.21. The summed E-state index contributed by atoms with van der Waals surface area (Å²) in [5, 5.41) is 15.2. The number of carbonyl (C=O) groups excluding carboxylic acids is 2. The van der Waals surface area contributed by atoms with Crippen molar-refractivity contribution >= 4 is 23.4 Å². The van der Waals surface area contributed by atoms with Crippen molar-refractivity contribution in [1.82, 2.24) is 10.6 Å². The van der Waals surface area contributed by atoms with Crippen LogP contribution in [0.5, 0.6) is 5.75 Å². The van der Waals surface area contributed by atoms with E-state index >= 15 is 0 Å². The molecule has 108 valence electrons. The number of phenols is 1. The Hall–Kier alpha value is -1.75. The van der Waals surface area contributed by atoms with Gasteiger partial charge in [-0.3, -0.25) is 9.59 Å². The molecule has 20 heavy (non-hydrogen) atoms. The van der Waals surface area contributed by atoms with Crippen molar-refractivity contribution in [1.29, 1.82) is 0 Å². The number of hydrogen-bond donors (Lipinski definition) is 3. The molecule has 1 saturated carbocycles. The van der Waals surface area contributed by atoms with Gasteiger partial charge in [-0.05, 0) is 37.5 Å². The van der Waals surface area contributed by atoms with Crippen molar-refractivity contribution < 1.29 is 14.7 Å². The van der Waals surface area contributed by atoms with Gasteiger partial charge in [0.05, 0.1) is 10.6 Å². The van der Waals surface area contributed by atoms with E-state index in [1.54, 1.807) is 0 Å². The number of nitrogens with one attached hydrogen (secondary N) is 2. The molecule has 2 rings (SSSR count). The van der Waals surface area contributed by atoms with Crippen molar-refractivity contribution in [2.24, 2.45) is 0 Å². The Morgan fingerprint density at radius 3 is 2.80 bits per heavy atom. The molecule has 0 radical (unpaired) electrons. The van der Waals surface area contributed by atoms with Gasteiger partial charge >= 0.3 is 0 Å². The van der Waals surface area contributed by atoms with Crippen molar-refractivity contribution in [3.05, 3.63) is 28.8 Å². The van der Waals surface area contributed by atoms with E-state index in [2.05, 4.69) is 10.6 Å². The average Bonchev–Trinajstić information content (AvgIpc) is 3.21. The van der Waals surface area contributed by atoms with Gasteiger partial charge in [-0.2, -0.15) is 0 Å². The van der Waals surface area contributed by atoms with E-state index in [4.69, 9.17) is 11.6 Å². The lowest BCUT2D eigenvalue weighted by Gasteiger charge is -2.07. The number of rotatable bonds is 6. The van der Waals surface area contributed by atoms with Crippen LogP contribution in [0.25, 0.3) is 0 Å². The minimum Gasteiger partial charge on any atom is -0.508 e. The average molecular weight is 297 g/mol. The number of aromatic hydroxyl groups is 1. The van der Waals surface area contributed by atoms with E-state index in [9.17, 15) is 14.7 Å². The maximum Gasteiger partial charge on any atom is 0.252 e. The molecule has 0 spiro atoms. The molecule has 1 aromatic carbocycles. The van der Waals surface area contributed by atoms with Crippen LogP contribution >= 0.6 is 11.6 Å². The molecule has 1 aliphatic rings. The highest BCUT2D eigenvalue weighted by Gasteiger charge is 2.22. The van der Waals surface area contributed by atoms with E-state index in [-0.39, 0.29) is 28.1 Å². The Balaban J connectivity index is 1.71. The summed E-state index contributed by atoms with van der Waals surface area (Å²) in [4.78, 5) is 23.3. The second kappa shape index (κ2) is 6.61. The zero-order chi connectivity index (χ0) is 14.5. The molecule has 6 heteroatoms. The molecular weight excluding hydrogens is 280 g/mol. The molecule has 1 aromatic rings. The lowest BCUT2D eigenvalue weighted by atomic mass is 10.2. The molecule has 2 amide bonds. The first-order valence-electron chi connectivity index (χ1n) is 6.62. The first kappa shape index (κ1) is 14.7. The maximum atomic E-state index is 11.8. The molecule has 0 atom stereocenters. The number of hydrogen-bond acceptors (Lipinski definition) is 3. The van der Waals surface area contributed by atoms with Gasteiger partial charge in [0.2, 0.25) is 5.91 Å². The smallest absolute Gasteiger partial charge is 0.252 e. The third-order valence-corrected chi connectivity index (χ3v) is 3.33. The summed E-state index contributed by atoms with van der Waals surface area (Å²) in [5.41, 5.74) is 0.231. The van der Waals surface area contributed by atoms with E-state index in [0.717, 1.165) is 12.8 Å². The lowest BCUT2D eigenvalue weighted by molar-refractivity contribution is -0.121. The lowest BCUT2D eigenvalue weighted by Crippen LogP contribution is -2.28. The first-order chi connectivity index (χ1) is 9.56. The fourth-order valence-electron chi connectivity index (χ4n) is 1.76. The Morgan fingerprint density at radius 2 is 2.10 bits per heavy atom. The third-order valence-electron chi connectivity index (χ3n) is 3.00. The number of amides is 2. The van der Waals surface area contributed by atoms with Crippen LogP contribution in [0.3, 0.4) is 0 Å². The van der Waals surface area contributed by atoms with E-state index in [1.807, 2.05) is 0 Å². The van der Waals surface area contributed by atoms with Crippen LogP contribution in [0.15, 0.2) is 18.2 Å². The third kappa shape index (κ3) is 4.42. The Labute approximate surface area is 122 Å². The maximum absolute atomic E-state index is 11.8. The number of halogens is 1. The zero-order valence-electron chi connectivity index (χ0n) is 11.0. The molecule has 1 aliphatic carbocycles. The molecule has 0 aromatic heterocycles. The summed E-state index contributed by atoms with van der Waals surface area (Å²) in [5.74, 6) is -0.339. The van der Waals surface area contributed by atoms with Crippen LogP contribution in [-0.2, 0) is 4.79 Å². The second-order valence-corrected chi connectivity index (χ2v) is 5.27. The van der Waals surface area contributed by atoms with E-state index in [0.29, 0.717) is 25.4 Å². The monoisotopic (exact) mass is 296 g/mol. The highest BCUT2D eigenvalue weighted by molar-refractivity contribution is 6.33. The van der Waals surface area contributed by atoms with Gasteiger partial charge in [-0.1, -0.05) is 11.6 Å². The Morgan fingerprint density at radius 1 is 1.35 bits per heavy atom. The highest BCUT2D eigenvalue weighted by atomic mass is 35.5. The van der Waals surface area contributed by atoms with Gasteiger partial charge in [0.15, 0.2) is 0 Å². The fraction of sp³-hybridized carbons (Fsp3) is 0.429. The molecule has 1 fully saturated rings. The zero-order valence-corrected chi connectivity index (χ0v) is 11.7. The summed E-state index contributed by atoms with van der Waals surface area (Å²) in [6, 6.07) is 4.57. The number of benzene rings is 1. The van der Waals surface area contributed by atoms with E-state index < -0.39 is 0 Å². The minimum atomic E-state index is -0.353. The Kier molecular flexibility index (Phi) is 4.84. The molecule has 0 bridgehead atoms. The summed E-state index contributed by atoms with van der Waals surface area (Å²) in [6.07, 6.45) is 3.10. The van der Waals surface area contributed by atoms with Crippen LogP contribution in [-0.4, -0.2) is 29.5 Å². The van der Waals surface area contributed by atoms with Gasteiger partial charge in [-0.25, -0.2) is 0 Å². The van der Waals surface area contributed by atoms with Crippen LogP contribution in [0.4, 0.5) is 0 Å². The molecular formula is C14H17ClN2O3. The van der Waals surface area contributed by atoms with Gasteiger partial charge in [0.1, 0.15) is 5.75 Å². The summed E-state index contributed by atoms with van der Waals surface area (Å²) in [7, 11) is 0. The van der Waals surface area contributed by atoms with Crippen LogP contribution in [0.2, 0.25) is 5.02 Å². The SMILES string of the molecule is O=C(CCCNC(=O)c1cc(O)ccc1Cl)NC1CC1. The molecule has 0 saturated heterocycles. The van der Waals surface area contributed by atoms with Crippen molar-refractivity contribution in [3.63, 3.8) is 0 Å². The molecule has 5 nitrogen and oxygen atoms in total. The van der Waals surface area contributed by atoms with Gasteiger partial charge in [-0.15, -0.1) is 0 Å². The largest absolute Gasteiger partial charge is 0.508 e.